The molecule has 2 rings (SSSR count). The molecule has 2 atom stereocenters. The molecular weight excluding hydrogens is 250 g/mol. The van der Waals surface area contributed by atoms with Crippen LogP contribution in [0.4, 0.5) is 0 Å². The number of hydrogen-bond acceptors (Lipinski definition) is 3. The topological polar surface area (TPSA) is 66.4 Å². The van der Waals surface area contributed by atoms with E-state index in [1.807, 2.05) is 25.6 Å². The predicted molar refractivity (Wildman–Crippen MR) is 71.5 cm³/mol. The fraction of sp³-hybridized carbons (Fsp3) is 0.846. The van der Waals surface area contributed by atoms with Gasteiger partial charge in [0.2, 0.25) is 5.91 Å². The Morgan fingerprint density at radius 2 is 1.94 bits per heavy atom. The highest BCUT2D eigenvalue weighted by atomic mass is 32.2. The minimum absolute atomic E-state index is 0.0901. The first-order valence-corrected chi connectivity index (χ1v) is 7.62. The lowest BCUT2D eigenvalue weighted by Gasteiger charge is -2.40. The molecule has 18 heavy (non-hydrogen) atoms. The Hall–Kier alpha value is -0.710. The van der Waals surface area contributed by atoms with Crippen LogP contribution >= 0.6 is 11.8 Å². The lowest BCUT2D eigenvalue weighted by atomic mass is 9.84. The number of amides is 1. The summed E-state index contributed by atoms with van der Waals surface area (Å²) in [6.45, 7) is 4.37. The molecule has 2 N–H and O–H groups in total. The summed E-state index contributed by atoms with van der Waals surface area (Å²) in [6, 6.07) is 0. The summed E-state index contributed by atoms with van der Waals surface area (Å²) in [6.07, 6.45) is 5.59. The molecule has 5 heteroatoms. The lowest BCUT2D eigenvalue weighted by Crippen LogP contribution is -2.46. The third-order valence-electron chi connectivity index (χ3n) is 4.66. The fourth-order valence-electron chi connectivity index (χ4n) is 2.97. The number of thioether (sulfide) groups is 1. The molecule has 2 aliphatic rings. The van der Waals surface area contributed by atoms with Crippen molar-refractivity contribution < 1.29 is 14.7 Å². The molecule has 0 saturated heterocycles. The van der Waals surface area contributed by atoms with Gasteiger partial charge in [-0.15, -0.1) is 0 Å². The van der Waals surface area contributed by atoms with Crippen LogP contribution < -0.4 is 5.32 Å². The van der Waals surface area contributed by atoms with E-state index in [1.54, 1.807) is 0 Å². The molecule has 0 unspecified atom stereocenters. The van der Waals surface area contributed by atoms with Crippen molar-refractivity contribution >= 4 is 23.6 Å². The molecule has 0 aromatic heterocycles. The molecule has 102 valence electrons. The number of nitrogens with one attached hydrogen (secondary N) is 1. The minimum atomic E-state index is -0.858. The molecule has 2 aliphatic carbocycles. The van der Waals surface area contributed by atoms with Crippen LogP contribution in [0.15, 0.2) is 0 Å². The van der Waals surface area contributed by atoms with E-state index < -0.39 is 17.3 Å². The summed E-state index contributed by atoms with van der Waals surface area (Å²) in [5, 5.41) is 12.0. The number of carboxylic acid groups (broad SMARTS) is 1. The molecule has 0 heterocycles. The molecular formula is C13H21NO3S. The maximum absolute atomic E-state index is 12.1. The highest BCUT2D eigenvalue weighted by Gasteiger charge is 2.65. The first-order chi connectivity index (χ1) is 8.34. The molecule has 0 aromatic carbocycles. The van der Waals surface area contributed by atoms with E-state index in [0.29, 0.717) is 6.54 Å². The fourth-order valence-corrected chi connectivity index (χ4v) is 3.88. The van der Waals surface area contributed by atoms with Crippen molar-refractivity contribution in [3.8, 4) is 0 Å². The second kappa shape index (κ2) is 4.44. The quantitative estimate of drug-likeness (QED) is 0.799. The molecule has 2 fully saturated rings. The van der Waals surface area contributed by atoms with Crippen molar-refractivity contribution in [2.24, 2.45) is 17.3 Å². The van der Waals surface area contributed by atoms with Gasteiger partial charge in [-0.3, -0.25) is 9.59 Å². The van der Waals surface area contributed by atoms with Crippen molar-refractivity contribution in [2.45, 2.75) is 37.9 Å². The lowest BCUT2D eigenvalue weighted by molar-refractivity contribution is -0.140. The van der Waals surface area contributed by atoms with Crippen molar-refractivity contribution in [3.63, 3.8) is 0 Å². The smallest absolute Gasteiger partial charge is 0.307 e. The highest BCUT2D eigenvalue weighted by molar-refractivity contribution is 8.00. The van der Waals surface area contributed by atoms with Gasteiger partial charge in [-0.1, -0.05) is 20.3 Å². The zero-order chi connectivity index (χ0) is 13.6. The highest BCUT2D eigenvalue weighted by Crippen LogP contribution is 2.58. The van der Waals surface area contributed by atoms with Gasteiger partial charge < -0.3 is 10.4 Å². The van der Waals surface area contributed by atoms with Crippen molar-refractivity contribution in [1.82, 2.24) is 5.32 Å². The van der Waals surface area contributed by atoms with Crippen molar-refractivity contribution in [1.29, 1.82) is 0 Å². The number of hydrogen-bond donors (Lipinski definition) is 2. The summed E-state index contributed by atoms with van der Waals surface area (Å²) in [5.74, 6) is -1.84. The van der Waals surface area contributed by atoms with Gasteiger partial charge >= 0.3 is 5.97 Å². The molecule has 0 spiro atoms. The van der Waals surface area contributed by atoms with Crippen LogP contribution in [0.25, 0.3) is 0 Å². The Bertz CT molecular complexity index is 371. The SMILES string of the molecule is CSC1(CNC(=O)[C@H]2[C@@H](C(=O)O)C2(C)C)CCC1. The van der Waals surface area contributed by atoms with Crippen LogP contribution in [-0.2, 0) is 9.59 Å². The van der Waals surface area contributed by atoms with E-state index in [-0.39, 0.29) is 16.6 Å². The Morgan fingerprint density at radius 1 is 1.33 bits per heavy atom. The average Bonchev–Trinajstić information content (AvgIpc) is 2.80. The first kappa shape index (κ1) is 13.7. The van der Waals surface area contributed by atoms with Gasteiger partial charge in [0, 0.05) is 11.3 Å². The summed E-state index contributed by atoms with van der Waals surface area (Å²) in [4.78, 5) is 23.1. The van der Waals surface area contributed by atoms with E-state index in [0.717, 1.165) is 12.8 Å². The van der Waals surface area contributed by atoms with Crippen LogP contribution in [-0.4, -0.2) is 34.5 Å². The van der Waals surface area contributed by atoms with Gasteiger partial charge in [0.15, 0.2) is 0 Å². The van der Waals surface area contributed by atoms with E-state index in [1.165, 1.54) is 6.42 Å². The molecule has 0 aromatic rings. The van der Waals surface area contributed by atoms with Crippen LogP contribution in [0.1, 0.15) is 33.1 Å². The zero-order valence-electron chi connectivity index (χ0n) is 11.2. The molecule has 1 amide bonds. The summed E-state index contributed by atoms with van der Waals surface area (Å²) in [7, 11) is 0. The monoisotopic (exact) mass is 271 g/mol. The van der Waals surface area contributed by atoms with Crippen molar-refractivity contribution in [3.05, 3.63) is 0 Å². The van der Waals surface area contributed by atoms with Crippen LogP contribution in [0, 0.1) is 17.3 Å². The zero-order valence-corrected chi connectivity index (χ0v) is 12.0. The third kappa shape index (κ3) is 2.13. The maximum Gasteiger partial charge on any atom is 0.307 e. The van der Waals surface area contributed by atoms with Gasteiger partial charge in [0.05, 0.1) is 11.8 Å². The largest absolute Gasteiger partial charge is 0.481 e. The normalized spacial score (nSPS) is 31.3. The van der Waals surface area contributed by atoms with Gasteiger partial charge in [0.1, 0.15) is 0 Å². The Labute approximate surface area is 112 Å². The second-order valence-corrected chi connectivity index (χ2v) is 7.35. The first-order valence-electron chi connectivity index (χ1n) is 6.40. The molecule has 0 aliphatic heterocycles. The molecule has 2 saturated carbocycles. The summed E-state index contributed by atoms with van der Waals surface area (Å²) < 4.78 is 0.202. The number of aliphatic carboxylic acids is 1. The molecule has 0 radical (unpaired) electrons. The minimum Gasteiger partial charge on any atom is -0.481 e. The third-order valence-corrected chi connectivity index (χ3v) is 6.08. The second-order valence-electron chi connectivity index (χ2n) is 6.07. The van der Waals surface area contributed by atoms with Gasteiger partial charge in [-0.2, -0.15) is 11.8 Å². The Kier molecular flexibility index (Phi) is 3.38. The van der Waals surface area contributed by atoms with E-state index >= 15 is 0 Å². The van der Waals surface area contributed by atoms with Gasteiger partial charge in [-0.25, -0.2) is 0 Å². The van der Waals surface area contributed by atoms with E-state index in [9.17, 15) is 9.59 Å². The van der Waals surface area contributed by atoms with Crippen LogP contribution in [0.2, 0.25) is 0 Å². The average molecular weight is 271 g/mol. The Balaban J connectivity index is 1.88. The molecule has 4 nitrogen and oxygen atoms in total. The summed E-state index contributed by atoms with van der Waals surface area (Å²) >= 11 is 1.81. The number of carbonyl (C=O) groups is 2. The maximum atomic E-state index is 12.1. The van der Waals surface area contributed by atoms with Crippen molar-refractivity contribution in [2.75, 3.05) is 12.8 Å². The number of carboxylic acids is 1. The van der Waals surface area contributed by atoms with E-state index in [2.05, 4.69) is 11.6 Å². The van der Waals surface area contributed by atoms with Crippen LogP contribution in [0.3, 0.4) is 0 Å². The number of rotatable bonds is 5. The standard InChI is InChI=1S/C13H21NO3S/c1-12(2)8(9(12)11(16)17)10(15)14-7-13(18-3)5-4-6-13/h8-9H,4-7H2,1-3H3,(H,14,15)(H,16,17)/t8-,9+/m1/s1. The predicted octanol–water partition coefficient (Wildman–Crippen LogP) is 1.75. The van der Waals surface area contributed by atoms with Gasteiger partial charge in [-0.05, 0) is 24.5 Å². The number of carbonyl (C=O) groups excluding carboxylic acids is 1. The summed E-state index contributed by atoms with van der Waals surface area (Å²) in [5.41, 5.74) is -0.401. The van der Waals surface area contributed by atoms with E-state index in [4.69, 9.17) is 5.11 Å². The molecule has 0 bridgehead atoms. The van der Waals surface area contributed by atoms with Gasteiger partial charge in [0.25, 0.3) is 0 Å². The Morgan fingerprint density at radius 3 is 2.28 bits per heavy atom. The van der Waals surface area contributed by atoms with Crippen LogP contribution in [0.5, 0.6) is 0 Å².